The molecule has 2 aliphatic rings. The van der Waals surface area contributed by atoms with Gasteiger partial charge in [-0.05, 0) is 74.3 Å². The van der Waals surface area contributed by atoms with E-state index < -0.39 is 17.6 Å². The number of aryl methyl sites for hydroxylation is 1. The minimum absolute atomic E-state index is 0.277. The van der Waals surface area contributed by atoms with Gasteiger partial charge in [0.15, 0.2) is 11.6 Å². The van der Waals surface area contributed by atoms with E-state index in [-0.39, 0.29) is 11.7 Å². The molecule has 0 aliphatic heterocycles. The number of esters is 1. The Balaban J connectivity index is 1.44. The number of rotatable bonds is 13. The third-order valence-electron chi connectivity index (χ3n) is 8.46. The molecule has 0 radical (unpaired) electrons. The molecular weight excluding hydrogens is 454 g/mol. The number of benzene rings is 1. The van der Waals surface area contributed by atoms with Crippen molar-refractivity contribution in [2.45, 2.75) is 124 Å². The van der Waals surface area contributed by atoms with Crippen LogP contribution in [-0.2, 0) is 11.2 Å². The van der Waals surface area contributed by atoms with Crippen LogP contribution in [0.3, 0.4) is 0 Å². The minimum atomic E-state index is -1.03. The van der Waals surface area contributed by atoms with E-state index in [2.05, 4.69) is 26.8 Å². The first kappa shape index (κ1) is 28.9. The van der Waals surface area contributed by atoms with Gasteiger partial charge in [0.1, 0.15) is 0 Å². The van der Waals surface area contributed by atoms with Gasteiger partial charge in [-0.15, -0.1) is 0 Å². The molecule has 1 fully saturated rings. The topological polar surface area (TPSA) is 26.3 Å². The zero-order chi connectivity index (χ0) is 25.9. The summed E-state index contributed by atoms with van der Waals surface area (Å²) >= 11 is 0. The molecule has 0 aromatic heterocycles. The van der Waals surface area contributed by atoms with Gasteiger partial charge in [-0.3, -0.25) is 4.79 Å². The van der Waals surface area contributed by atoms with Crippen molar-refractivity contribution in [1.82, 2.24) is 0 Å². The summed E-state index contributed by atoms with van der Waals surface area (Å²) in [6.07, 6.45) is 19.5. The van der Waals surface area contributed by atoms with Crippen molar-refractivity contribution in [3.8, 4) is 5.75 Å². The maximum atomic E-state index is 14.8. The summed E-state index contributed by atoms with van der Waals surface area (Å²) < 4.78 is 34.9. The summed E-state index contributed by atoms with van der Waals surface area (Å²) in [6.45, 7) is 6.71. The summed E-state index contributed by atoms with van der Waals surface area (Å²) in [5.74, 6) is -0.730. The lowest BCUT2D eigenvalue weighted by molar-refractivity contribution is -0.139. The number of ether oxygens (including phenoxy) is 1. The van der Waals surface area contributed by atoms with E-state index in [0.29, 0.717) is 30.2 Å². The van der Waals surface area contributed by atoms with Gasteiger partial charge >= 0.3 is 5.97 Å². The van der Waals surface area contributed by atoms with Crippen LogP contribution in [0.2, 0.25) is 0 Å². The van der Waals surface area contributed by atoms with Crippen LogP contribution in [0.1, 0.15) is 123 Å². The van der Waals surface area contributed by atoms with E-state index in [9.17, 15) is 13.6 Å². The fourth-order valence-electron chi connectivity index (χ4n) is 5.95. The maximum Gasteiger partial charge on any atom is 0.314 e. The van der Waals surface area contributed by atoms with Crippen LogP contribution in [-0.4, -0.2) is 5.97 Å². The second kappa shape index (κ2) is 14.9. The number of carbonyl (C=O) groups is 1. The van der Waals surface area contributed by atoms with Crippen LogP contribution >= 0.6 is 0 Å². The van der Waals surface area contributed by atoms with Crippen LogP contribution in [0.4, 0.5) is 8.78 Å². The average molecular weight is 503 g/mol. The first-order valence-corrected chi connectivity index (χ1v) is 14.7. The van der Waals surface area contributed by atoms with Crippen LogP contribution < -0.4 is 4.74 Å². The molecule has 1 atom stereocenters. The van der Waals surface area contributed by atoms with E-state index in [0.717, 1.165) is 31.6 Å². The Bertz CT molecular complexity index is 852. The summed E-state index contributed by atoms with van der Waals surface area (Å²) in [6, 6.07) is 3.04. The normalized spacial score (nSPS) is 22.5. The molecule has 0 N–H and O–H groups in total. The summed E-state index contributed by atoms with van der Waals surface area (Å²) in [5.41, 5.74) is 1.80. The standard InChI is InChI=1S/C32H48F2O2/c1-4-5-6-9-24-11-13-26(14-12-24)15-18-27-21-22-29(31(34)30(27)33)36-32(35)28-19-16-25(17-20-28)10-7-8-23(2)3/h16,21-24,26,28H,4-15,17-20H2,1-3H3. The lowest BCUT2D eigenvalue weighted by atomic mass is 9.78. The van der Waals surface area contributed by atoms with Gasteiger partial charge in [0.2, 0.25) is 5.82 Å². The van der Waals surface area contributed by atoms with Gasteiger partial charge < -0.3 is 4.74 Å². The molecule has 1 unspecified atom stereocenters. The predicted molar refractivity (Wildman–Crippen MR) is 144 cm³/mol. The smallest absolute Gasteiger partial charge is 0.314 e. The Morgan fingerprint density at radius 1 is 0.944 bits per heavy atom. The molecule has 0 spiro atoms. The molecule has 2 aliphatic carbocycles. The highest BCUT2D eigenvalue weighted by molar-refractivity contribution is 5.75. The quantitative estimate of drug-likeness (QED) is 0.116. The van der Waals surface area contributed by atoms with Gasteiger partial charge in [0.25, 0.3) is 0 Å². The van der Waals surface area contributed by atoms with Crippen LogP contribution in [0.5, 0.6) is 5.75 Å². The van der Waals surface area contributed by atoms with Crippen LogP contribution in [0.15, 0.2) is 23.8 Å². The minimum Gasteiger partial charge on any atom is -0.423 e. The van der Waals surface area contributed by atoms with Crippen molar-refractivity contribution in [1.29, 1.82) is 0 Å². The molecule has 0 saturated heterocycles. The Morgan fingerprint density at radius 2 is 1.67 bits per heavy atom. The van der Waals surface area contributed by atoms with Crippen molar-refractivity contribution in [2.24, 2.45) is 23.7 Å². The highest BCUT2D eigenvalue weighted by Crippen LogP contribution is 2.35. The molecule has 3 rings (SSSR count). The van der Waals surface area contributed by atoms with E-state index in [1.807, 2.05) is 0 Å². The zero-order valence-corrected chi connectivity index (χ0v) is 22.9. The summed E-state index contributed by atoms with van der Waals surface area (Å²) in [5, 5.41) is 0. The van der Waals surface area contributed by atoms with Gasteiger partial charge in [0, 0.05) is 0 Å². The molecule has 1 aromatic carbocycles. The van der Waals surface area contributed by atoms with Crippen LogP contribution in [0, 0.1) is 35.3 Å². The van der Waals surface area contributed by atoms with Crippen LogP contribution in [0.25, 0.3) is 0 Å². The van der Waals surface area contributed by atoms with E-state index in [1.54, 1.807) is 6.07 Å². The Kier molecular flexibility index (Phi) is 11.9. The van der Waals surface area contributed by atoms with E-state index in [1.165, 1.54) is 75.8 Å². The number of hydrogen-bond donors (Lipinski definition) is 0. The SMILES string of the molecule is CCCCCC1CCC(CCc2ccc(OC(=O)C3CC=C(CCCC(C)C)CC3)c(F)c2F)CC1. The van der Waals surface area contributed by atoms with Gasteiger partial charge in [0.05, 0.1) is 5.92 Å². The van der Waals surface area contributed by atoms with Gasteiger partial charge in [-0.2, -0.15) is 4.39 Å². The summed E-state index contributed by atoms with van der Waals surface area (Å²) in [7, 11) is 0. The Morgan fingerprint density at radius 3 is 2.31 bits per heavy atom. The molecule has 36 heavy (non-hydrogen) atoms. The monoisotopic (exact) mass is 502 g/mol. The fraction of sp³-hybridized carbons (Fsp3) is 0.719. The van der Waals surface area contributed by atoms with E-state index >= 15 is 0 Å². The Labute approximate surface area is 218 Å². The first-order chi connectivity index (χ1) is 17.4. The molecule has 202 valence electrons. The second-order valence-corrected chi connectivity index (χ2v) is 11.8. The third-order valence-corrected chi connectivity index (χ3v) is 8.46. The lowest BCUT2D eigenvalue weighted by Gasteiger charge is -2.28. The second-order valence-electron chi connectivity index (χ2n) is 11.8. The van der Waals surface area contributed by atoms with Crippen molar-refractivity contribution >= 4 is 5.97 Å². The summed E-state index contributed by atoms with van der Waals surface area (Å²) in [4.78, 5) is 12.6. The zero-order valence-electron chi connectivity index (χ0n) is 22.9. The number of hydrogen-bond acceptors (Lipinski definition) is 2. The molecule has 1 aromatic rings. The number of halogens is 2. The van der Waals surface area contributed by atoms with Crippen molar-refractivity contribution in [3.63, 3.8) is 0 Å². The first-order valence-electron chi connectivity index (χ1n) is 14.7. The van der Waals surface area contributed by atoms with Gasteiger partial charge in [-0.25, -0.2) is 4.39 Å². The number of allylic oxidation sites excluding steroid dienone is 2. The Hall–Kier alpha value is -1.71. The number of unbranched alkanes of at least 4 members (excludes halogenated alkanes) is 2. The van der Waals surface area contributed by atoms with E-state index in [4.69, 9.17) is 4.74 Å². The fourth-order valence-corrected chi connectivity index (χ4v) is 5.95. The molecule has 0 heterocycles. The predicted octanol–water partition coefficient (Wildman–Crippen LogP) is 9.74. The molecule has 0 amide bonds. The lowest BCUT2D eigenvalue weighted by Crippen LogP contribution is -2.23. The third kappa shape index (κ3) is 8.99. The molecule has 0 bridgehead atoms. The number of carbonyl (C=O) groups excluding carboxylic acids is 1. The van der Waals surface area contributed by atoms with Gasteiger partial charge in [-0.1, -0.05) is 96.3 Å². The van der Waals surface area contributed by atoms with Crippen molar-refractivity contribution in [3.05, 3.63) is 41.0 Å². The molecular formula is C32H48F2O2. The molecule has 4 heteroatoms. The highest BCUT2D eigenvalue weighted by atomic mass is 19.2. The van der Waals surface area contributed by atoms with Crippen molar-refractivity contribution in [2.75, 3.05) is 0 Å². The largest absolute Gasteiger partial charge is 0.423 e. The average Bonchev–Trinajstić information content (AvgIpc) is 2.87. The maximum absolute atomic E-state index is 14.8. The molecule has 2 nitrogen and oxygen atoms in total. The molecule has 1 saturated carbocycles. The highest BCUT2D eigenvalue weighted by Gasteiger charge is 2.26. The van der Waals surface area contributed by atoms with Crippen molar-refractivity contribution < 1.29 is 18.3 Å².